The normalized spacial score (nSPS) is 11.4. The molecule has 2 heterocycles. The van der Waals surface area contributed by atoms with Gasteiger partial charge < -0.3 is 9.15 Å². The summed E-state index contributed by atoms with van der Waals surface area (Å²) in [5, 5.41) is 0. The van der Waals surface area contributed by atoms with Gasteiger partial charge in [-0.2, -0.15) is 0 Å². The number of aromatic nitrogens is 1. The summed E-state index contributed by atoms with van der Waals surface area (Å²) in [5.74, 6) is 0.685. The second-order valence-electron chi connectivity index (χ2n) is 7.79. The number of carbonyl (C=O) groups is 1. The van der Waals surface area contributed by atoms with Crippen LogP contribution in [-0.4, -0.2) is 25.5 Å². The highest BCUT2D eigenvalue weighted by atomic mass is 28.3. The van der Waals surface area contributed by atoms with E-state index in [-0.39, 0.29) is 0 Å². The minimum Gasteiger partial charge on any atom is -0.463 e. The maximum Gasteiger partial charge on any atom is 0.426 e. The van der Waals surface area contributed by atoms with E-state index in [0.29, 0.717) is 12.4 Å². The fraction of sp³-hybridized carbons (Fsp3) is 0.286. The van der Waals surface area contributed by atoms with E-state index >= 15 is 0 Å². The third-order valence-electron chi connectivity index (χ3n) is 4.31. The Bertz CT molecular complexity index is 894. The zero-order valence-electron chi connectivity index (χ0n) is 16.3. The highest BCUT2D eigenvalue weighted by Gasteiger charge is 2.20. The van der Waals surface area contributed by atoms with Crippen molar-refractivity contribution in [2.75, 3.05) is 12.0 Å². The largest absolute Gasteiger partial charge is 0.463 e. The predicted molar refractivity (Wildman–Crippen MR) is 111 cm³/mol. The van der Waals surface area contributed by atoms with Crippen LogP contribution in [0.3, 0.4) is 0 Å². The first-order chi connectivity index (χ1) is 12.8. The van der Waals surface area contributed by atoms with Gasteiger partial charge in [-0.05, 0) is 36.7 Å². The number of aryl methyl sites for hydroxylation is 1. The number of rotatable bonds is 6. The number of carbonyl (C=O) groups excluding carboxylic acids is 1. The number of furan rings is 1. The van der Waals surface area contributed by atoms with Crippen molar-refractivity contribution in [3.05, 3.63) is 60.5 Å². The standard InChI is InChI=1S/C21H26N2O3Si/c1-16-15-18(17-9-6-5-7-10-17)20(19-11-8-12-25-19)23(16)22-21(24)26-13-14-27(2,3)4/h5-12,15H,13-14H2,1-4H3,(H,22,24). The van der Waals surface area contributed by atoms with Crippen molar-refractivity contribution < 1.29 is 13.9 Å². The lowest BCUT2D eigenvalue weighted by molar-refractivity contribution is 0.164. The summed E-state index contributed by atoms with van der Waals surface area (Å²) in [4.78, 5) is 12.3. The molecule has 3 rings (SSSR count). The van der Waals surface area contributed by atoms with Crippen LogP contribution in [-0.2, 0) is 4.74 Å². The first-order valence-electron chi connectivity index (χ1n) is 9.10. The monoisotopic (exact) mass is 382 g/mol. The molecule has 0 aliphatic heterocycles. The lowest BCUT2D eigenvalue weighted by Gasteiger charge is -2.17. The quantitative estimate of drug-likeness (QED) is 0.553. The molecule has 0 atom stereocenters. The van der Waals surface area contributed by atoms with Crippen LogP contribution in [0.25, 0.3) is 22.6 Å². The van der Waals surface area contributed by atoms with Gasteiger partial charge in [0.1, 0.15) is 5.69 Å². The van der Waals surface area contributed by atoms with Gasteiger partial charge in [-0.25, -0.2) is 10.2 Å². The van der Waals surface area contributed by atoms with E-state index in [1.165, 1.54) is 0 Å². The zero-order chi connectivity index (χ0) is 19.4. The van der Waals surface area contributed by atoms with Crippen LogP contribution in [0.4, 0.5) is 4.79 Å². The van der Waals surface area contributed by atoms with Crippen LogP contribution in [0.5, 0.6) is 0 Å². The Balaban J connectivity index is 1.89. The number of hydrogen-bond acceptors (Lipinski definition) is 3. The predicted octanol–water partition coefficient (Wildman–Crippen LogP) is 5.74. The van der Waals surface area contributed by atoms with Gasteiger partial charge in [0.25, 0.3) is 0 Å². The molecule has 0 aliphatic rings. The number of nitrogens with one attached hydrogen (secondary N) is 1. The van der Waals surface area contributed by atoms with Gasteiger partial charge in [-0.1, -0.05) is 50.0 Å². The van der Waals surface area contributed by atoms with Crippen molar-refractivity contribution in [1.82, 2.24) is 4.68 Å². The molecular weight excluding hydrogens is 356 g/mol. The molecule has 1 N–H and O–H groups in total. The Morgan fingerprint density at radius 2 is 1.89 bits per heavy atom. The first kappa shape index (κ1) is 19.0. The summed E-state index contributed by atoms with van der Waals surface area (Å²) >= 11 is 0. The molecule has 1 aromatic carbocycles. The molecule has 0 fully saturated rings. The van der Waals surface area contributed by atoms with Crippen LogP contribution in [0.15, 0.2) is 59.2 Å². The maximum atomic E-state index is 12.3. The van der Waals surface area contributed by atoms with Gasteiger partial charge in [0.05, 0.1) is 12.9 Å². The lowest BCUT2D eigenvalue weighted by Crippen LogP contribution is -2.28. The maximum absolute atomic E-state index is 12.3. The molecule has 0 bridgehead atoms. The average Bonchev–Trinajstić information content (AvgIpc) is 3.23. The third-order valence-corrected chi connectivity index (χ3v) is 6.02. The summed E-state index contributed by atoms with van der Waals surface area (Å²) < 4.78 is 12.8. The molecule has 0 aliphatic carbocycles. The van der Waals surface area contributed by atoms with Gasteiger partial charge in [0.15, 0.2) is 5.76 Å². The second kappa shape index (κ2) is 7.88. The van der Waals surface area contributed by atoms with Gasteiger partial charge in [0.2, 0.25) is 0 Å². The summed E-state index contributed by atoms with van der Waals surface area (Å²) in [6, 6.07) is 16.7. The smallest absolute Gasteiger partial charge is 0.426 e. The topological polar surface area (TPSA) is 56.4 Å². The average molecular weight is 383 g/mol. The SMILES string of the molecule is Cc1cc(-c2ccccc2)c(-c2ccco2)n1NC(=O)OCC[Si](C)(C)C. The highest BCUT2D eigenvalue weighted by molar-refractivity contribution is 6.76. The number of hydrogen-bond donors (Lipinski definition) is 1. The molecule has 0 radical (unpaired) electrons. The number of nitrogens with zero attached hydrogens (tertiary/aromatic N) is 1. The molecule has 2 aromatic heterocycles. The summed E-state index contributed by atoms with van der Waals surface area (Å²) in [5.41, 5.74) is 6.59. The van der Waals surface area contributed by atoms with E-state index < -0.39 is 14.2 Å². The molecule has 6 heteroatoms. The number of amides is 1. The molecule has 1 amide bonds. The van der Waals surface area contributed by atoms with Gasteiger partial charge >= 0.3 is 6.09 Å². The van der Waals surface area contributed by atoms with E-state index in [1.54, 1.807) is 10.9 Å². The molecule has 0 spiro atoms. The Labute approximate surface area is 160 Å². The molecule has 0 unspecified atom stereocenters. The van der Waals surface area contributed by atoms with Crippen LogP contribution < -0.4 is 5.43 Å². The molecule has 5 nitrogen and oxygen atoms in total. The zero-order valence-corrected chi connectivity index (χ0v) is 17.3. The summed E-state index contributed by atoms with van der Waals surface area (Å²) in [6.45, 7) is 9.15. The van der Waals surface area contributed by atoms with Crippen LogP contribution in [0, 0.1) is 6.92 Å². The van der Waals surface area contributed by atoms with Crippen LogP contribution >= 0.6 is 0 Å². The first-order valence-corrected chi connectivity index (χ1v) is 12.8. The molecule has 0 saturated heterocycles. The van der Waals surface area contributed by atoms with Crippen molar-refractivity contribution in [2.24, 2.45) is 0 Å². The van der Waals surface area contributed by atoms with Crippen LogP contribution in [0.2, 0.25) is 25.7 Å². The molecular formula is C21H26N2O3Si. The van der Waals surface area contributed by atoms with Crippen molar-refractivity contribution >= 4 is 14.2 Å². The van der Waals surface area contributed by atoms with Crippen molar-refractivity contribution in [3.63, 3.8) is 0 Å². The minimum absolute atomic E-state index is 0.434. The number of benzene rings is 1. The minimum atomic E-state index is -1.25. The third kappa shape index (κ3) is 4.71. The van der Waals surface area contributed by atoms with E-state index in [1.807, 2.05) is 55.5 Å². The van der Waals surface area contributed by atoms with E-state index in [4.69, 9.17) is 9.15 Å². The summed E-state index contributed by atoms with van der Waals surface area (Å²) in [7, 11) is -1.25. The molecule has 27 heavy (non-hydrogen) atoms. The lowest BCUT2D eigenvalue weighted by atomic mass is 10.0. The van der Waals surface area contributed by atoms with E-state index in [9.17, 15) is 4.79 Å². The molecule has 3 aromatic rings. The number of ether oxygens (including phenoxy) is 1. The van der Waals surface area contributed by atoms with E-state index in [0.717, 1.165) is 28.6 Å². The summed E-state index contributed by atoms with van der Waals surface area (Å²) in [6.07, 6.45) is 1.17. The Kier molecular flexibility index (Phi) is 5.56. The van der Waals surface area contributed by atoms with Gasteiger partial charge in [-0.3, -0.25) is 4.68 Å². The van der Waals surface area contributed by atoms with Crippen LogP contribution in [0.1, 0.15) is 5.69 Å². The second-order valence-corrected chi connectivity index (χ2v) is 13.4. The van der Waals surface area contributed by atoms with Crippen molar-refractivity contribution in [1.29, 1.82) is 0 Å². The van der Waals surface area contributed by atoms with Gasteiger partial charge in [0, 0.05) is 19.3 Å². The Morgan fingerprint density at radius 3 is 2.52 bits per heavy atom. The molecule has 142 valence electrons. The van der Waals surface area contributed by atoms with Crippen molar-refractivity contribution in [2.45, 2.75) is 32.6 Å². The Morgan fingerprint density at radius 1 is 1.15 bits per heavy atom. The van der Waals surface area contributed by atoms with Gasteiger partial charge in [-0.15, -0.1) is 0 Å². The molecule has 0 saturated carbocycles. The van der Waals surface area contributed by atoms with E-state index in [2.05, 4.69) is 25.1 Å². The Hall–Kier alpha value is -2.73. The fourth-order valence-corrected chi connectivity index (χ4v) is 3.56. The highest BCUT2D eigenvalue weighted by Crippen LogP contribution is 2.34. The van der Waals surface area contributed by atoms with Crippen molar-refractivity contribution in [3.8, 4) is 22.6 Å². The fourth-order valence-electron chi connectivity index (χ4n) is 2.85.